The monoisotopic (exact) mass is 252 g/mol. The van der Waals surface area contributed by atoms with Gasteiger partial charge in [0.05, 0.1) is 0 Å². The number of likely N-dealkylation sites (tertiary alicyclic amines) is 1. The predicted octanol–water partition coefficient (Wildman–Crippen LogP) is 2.41. The lowest BCUT2D eigenvalue weighted by Crippen LogP contribution is -2.40. The molecule has 0 aromatic carbocycles. The van der Waals surface area contributed by atoms with Crippen molar-refractivity contribution in [2.75, 3.05) is 19.6 Å². The van der Waals surface area contributed by atoms with Crippen LogP contribution in [-0.2, 0) is 4.79 Å². The summed E-state index contributed by atoms with van der Waals surface area (Å²) in [5.41, 5.74) is 0.335. The van der Waals surface area contributed by atoms with Crippen molar-refractivity contribution >= 4 is 5.91 Å². The quantitative estimate of drug-likeness (QED) is 0.818. The number of hydrogen-bond acceptors (Lipinski definition) is 2. The number of hydrogen-bond donors (Lipinski definition) is 1. The fourth-order valence-corrected chi connectivity index (χ4v) is 3.27. The van der Waals surface area contributed by atoms with Crippen molar-refractivity contribution < 1.29 is 4.79 Å². The fourth-order valence-electron chi connectivity index (χ4n) is 3.27. The third-order valence-electron chi connectivity index (χ3n) is 4.63. The highest BCUT2D eigenvalue weighted by Crippen LogP contribution is 2.34. The van der Waals surface area contributed by atoms with Gasteiger partial charge in [0.15, 0.2) is 0 Å². The van der Waals surface area contributed by atoms with Gasteiger partial charge in [-0.15, -0.1) is 0 Å². The van der Waals surface area contributed by atoms with Gasteiger partial charge in [0.1, 0.15) is 0 Å². The van der Waals surface area contributed by atoms with E-state index in [-0.39, 0.29) is 0 Å². The molecule has 2 aliphatic heterocycles. The van der Waals surface area contributed by atoms with Gasteiger partial charge >= 0.3 is 0 Å². The lowest BCUT2D eigenvalue weighted by molar-refractivity contribution is -0.131. The summed E-state index contributed by atoms with van der Waals surface area (Å²) in [5, 5.41) is 3.49. The number of amides is 1. The van der Waals surface area contributed by atoms with Crippen molar-refractivity contribution in [1.82, 2.24) is 10.2 Å². The summed E-state index contributed by atoms with van der Waals surface area (Å²) in [7, 11) is 0. The van der Waals surface area contributed by atoms with E-state index < -0.39 is 0 Å². The first-order valence-corrected chi connectivity index (χ1v) is 7.48. The lowest BCUT2D eigenvalue weighted by atomic mass is 9.77. The predicted molar refractivity (Wildman–Crippen MR) is 74.4 cm³/mol. The number of carbonyl (C=O) groups excluding carboxylic acids is 1. The molecule has 3 heteroatoms. The maximum absolute atomic E-state index is 12.2. The maximum Gasteiger partial charge on any atom is 0.222 e. The van der Waals surface area contributed by atoms with Crippen molar-refractivity contribution in [2.45, 2.75) is 58.9 Å². The highest BCUT2D eigenvalue weighted by atomic mass is 16.2. The number of rotatable bonds is 2. The summed E-state index contributed by atoms with van der Waals surface area (Å²) >= 11 is 0. The summed E-state index contributed by atoms with van der Waals surface area (Å²) < 4.78 is 0. The van der Waals surface area contributed by atoms with Gasteiger partial charge in [0, 0.05) is 25.6 Å². The van der Waals surface area contributed by atoms with Crippen LogP contribution in [0.25, 0.3) is 0 Å². The van der Waals surface area contributed by atoms with Crippen molar-refractivity contribution in [1.29, 1.82) is 0 Å². The van der Waals surface area contributed by atoms with Crippen LogP contribution >= 0.6 is 0 Å². The van der Waals surface area contributed by atoms with Crippen LogP contribution in [0.4, 0.5) is 0 Å². The van der Waals surface area contributed by atoms with E-state index in [1.165, 1.54) is 19.3 Å². The third kappa shape index (κ3) is 3.47. The van der Waals surface area contributed by atoms with Crippen molar-refractivity contribution in [3.8, 4) is 0 Å². The molecule has 2 heterocycles. The molecule has 0 bridgehead atoms. The van der Waals surface area contributed by atoms with E-state index in [9.17, 15) is 4.79 Å². The van der Waals surface area contributed by atoms with Crippen molar-refractivity contribution in [2.24, 2.45) is 11.3 Å². The minimum Gasteiger partial charge on any atom is -0.341 e. The first-order valence-electron chi connectivity index (χ1n) is 7.48. The molecule has 2 fully saturated rings. The summed E-state index contributed by atoms with van der Waals surface area (Å²) in [4.78, 5) is 14.3. The SMILES string of the molecule is CC(C)(C)C1CCC(=O)N(CC2CCCN2)CC1. The van der Waals surface area contributed by atoms with Gasteiger partial charge in [-0.05, 0) is 43.6 Å². The molecule has 3 nitrogen and oxygen atoms in total. The van der Waals surface area contributed by atoms with E-state index in [0.29, 0.717) is 23.3 Å². The van der Waals surface area contributed by atoms with E-state index in [0.717, 1.165) is 32.5 Å². The van der Waals surface area contributed by atoms with Crippen LogP contribution in [0.3, 0.4) is 0 Å². The van der Waals surface area contributed by atoms with E-state index in [4.69, 9.17) is 0 Å². The van der Waals surface area contributed by atoms with Gasteiger partial charge in [0.25, 0.3) is 0 Å². The summed E-state index contributed by atoms with van der Waals surface area (Å²) in [5.74, 6) is 1.05. The average molecular weight is 252 g/mol. The Kier molecular flexibility index (Phi) is 4.31. The Morgan fingerprint density at radius 2 is 2.06 bits per heavy atom. The molecule has 0 radical (unpaired) electrons. The van der Waals surface area contributed by atoms with E-state index in [1.807, 2.05) is 0 Å². The van der Waals surface area contributed by atoms with E-state index >= 15 is 0 Å². The minimum absolute atomic E-state index is 0.335. The Morgan fingerprint density at radius 3 is 2.67 bits per heavy atom. The molecule has 2 rings (SSSR count). The minimum atomic E-state index is 0.335. The summed E-state index contributed by atoms with van der Waals surface area (Å²) in [6.07, 6.45) is 5.47. The molecule has 18 heavy (non-hydrogen) atoms. The molecule has 2 unspecified atom stereocenters. The normalized spacial score (nSPS) is 30.6. The molecular formula is C15H28N2O. The molecule has 2 aliphatic rings. The van der Waals surface area contributed by atoms with Gasteiger partial charge in [-0.3, -0.25) is 4.79 Å². The molecule has 2 saturated heterocycles. The van der Waals surface area contributed by atoms with Crippen LogP contribution in [-0.4, -0.2) is 36.5 Å². The van der Waals surface area contributed by atoms with E-state index in [2.05, 4.69) is 31.0 Å². The highest BCUT2D eigenvalue weighted by Gasteiger charge is 2.31. The number of nitrogens with zero attached hydrogens (tertiary/aromatic N) is 1. The van der Waals surface area contributed by atoms with Gasteiger partial charge in [-0.25, -0.2) is 0 Å². The summed E-state index contributed by atoms with van der Waals surface area (Å²) in [6, 6.07) is 0.542. The fraction of sp³-hybridized carbons (Fsp3) is 0.933. The van der Waals surface area contributed by atoms with Crippen molar-refractivity contribution in [3.05, 3.63) is 0 Å². The van der Waals surface area contributed by atoms with Crippen molar-refractivity contribution in [3.63, 3.8) is 0 Å². The first-order chi connectivity index (χ1) is 8.47. The molecule has 0 aliphatic carbocycles. The van der Waals surface area contributed by atoms with Crippen LogP contribution in [0, 0.1) is 11.3 Å². The smallest absolute Gasteiger partial charge is 0.222 e. The molecule has 0 aromatic rings. The van der Waals surface area contributed by atoms with Gasteiger partial charge in [0.2, 0.25) is 5.91 Å². The molecule has 0 saturated carbocycles. The molecular weight excluding hydrogens is 224 g/mol. The third-order valence-corrected chi connectivity index (χ3v) is 4.63. The van der Waals surface area contributed by atoms with Crippen LogP contribution in [0.1, 0.15) is 52.9 Å². The molecule has 104 valence electrons. The summed E-state index contributed by atoms with van der Waals surface area (Å²) in [6.45, 7) is 9.91. The molecule has 0 spiro atoms. The first kappa shape index (κ1) is 13.9. The van der Waals surface area contributed by atoms with Crippen LogP contribution in [0.2, 0.25) is 0 Å². The Morgan fingerprint density at radius 1 is 1.28 bits per heavy atom. The van der Waals surface area contributed by atoms with Gasteiger partial charge in [-0.1, -0.05) is 20.8 Å². The van der Waals surface area contributed by atoms with Crippen LogP contribution in [0.15, 0.2) is 0 Å². The van der Waals surface area contributed by atoms with Crippen LogP contribution in [0.5, 0.6) is 0 Å². The molecule has 0 aromatic heterocycles. The molecule has 1 N–H and O–H groups in total. The van der Waals surface area contributed by atoms with Gasteiger partial charge in [-0.2, -0.15) is 0 Å². The maximum atomic E-state index is 12.2. The zero-order valence-corrected chi connectivity index (χ0v) is 12.2. The second-order valence-corrected chi connectivity index (χ2v) is 7.02. The topological polar surface area (TPSA) is 32.3 Å². The second-order valence-electron chi connectivity index (χ2n) is 7.02. The standard InChI is InChI=1S/C15H28N2O/c1-15(2,3)12-6-7-14(18)17(10-8-12)11-13-5-4-9-16-13/h12-13,16H,4-11H2,1-3H3. The van der Waals surface area contributed by atoms with E-state index in [1.54, 1.807) is 0 Å². The Labute approximate surface area is 111 Å². The largest absolute Gasteiger partial charge is 0.341 e. The van der Waals surface area contributed by atoms with Gasteiger partial charge < -0.3 is 10.2 Å². The highest BCUT2D eigenvalue weighted by molar-refractivity contribution is 5.76. The average Bonchev–Trinajstić information content (AvgIpc) is 2.70. The Balaban J connectivity index is 1.90. The second kappa shape index (κ2) is 5.60. The van der Waals surface area contributed by atoms with Crippen LogP contribution < -0.4 is 5.32 Å². The Hall–Kier alpha value is -0.570. The number of carbonyl (C=O) groups is 1. The lowest BCUT2D eigenvalue weighted by Gasteiger charge is -2.30. The Bertz CT molecular complexity index is 289. The molecule has 2 atom stereocenters. The molecule has 1 amide bonds. The zero-order chi connectivity index (χ0) is 13.2. The number of nitrogens with one attached hydrogen (secondary N) is 1. The zero-order valence-electron chi connectivity index (χ0n) is 12.2.